The maximum atomic E-state index is 12.4. The molecule has 1 saturated heterocycles. The van der Waals surface area contributed by atoms with Crippen molar-refractivity contribution in [2.75, 3.05) is 11.9 Å². The summed E-state index contributed by atoms with van der Waals surface area (Å²) in [4.78, 5) is 25.4. The zero-order chi connectivity index (χ0) is 15.6. The summed E-state index contributed by atoms with van der Waals surface area (Å²) in [6.07, 6.45) is 1.49. The number of nitrogens with one attached hydrogen (secondary N) is 1. The van der Waals surface area contributed by atoms with E-state index in [1.165, 1.54) is 0 Å². The van der Waals surface area contributed by atoms with E-state index < -0.39 is 0 Å². The molecular weight excluding hydrogens is 290 g/mol. The number of halogens is 1. The Labute approximate surface area is 129 Å². The van der Waals surface area contributed by atoms with Crippen LogP contribution in [0.15, 0.2) is 18.2 Å². The van der Waals surface area contributed by atoms with Crippen molar-refractivity contribution in [3.8, 4) is 0 Å². The molecule has 0 radical (unpaired) electrons. The van der Waals surface area contributed by atoms with Crippen LogP contribution in [0, 0.1) is 12.8 Å². The predicted molar refractivity (Wildman–Crippen MR) is 83.3 cm³/mol. The van der Waals surface area contributed by atoms with E-state index in [2.05, 4.69) is 5.32 Å². The third-order valence-corrected chi connectivity index (χ3v) is 4.24. The largest absolute Gasteiger partial charge is 0.369 e. The Balaban J connectivity index is 2.11. The van der Waals surface area contributed by atoms with Crippen LogP contribution in [0.1, 0.15) is 25.3 Å². The fraction of sp³-hybridized carbons (Fsp3) is 0.467. The van der Waals surface area contributed by atoms with Crippen molar-refractivity contribution in [2.45, 2.75) is 32.7 Å². The lowest BCUT2D eigenvalue weighted by Gasteiger charge is -2.36. The summed E-state index contributed by atoms with van der Waals surface area (Å²) < 4.78 is 0. The quantitative estimate of drug-likeness (QED) is 0.881. The Morgan fingerprint density at radius 3 is 2.76 bits per heavy atom. The number of rotatable bonds is 2. The number of nitrogens with two attached hydrogens (primary N) is 1. The number of aryl methyl sites for hydroxylation is 1. The zero-order valence-corrected chi connectivity index (χ0v) is 13.0. The van der Waals surface area contributed by atoms with Gasteiger partial charge in [-0.15, -0.1) is 0 Å². The molecule has 1 aromatic rings. The zero-order valence-electron chi connectivity index (χ0n) is 12.2. The molecule has 114 valence electrons. The van der Waals surface area contributed by atoms with E-state index >= 15 is 0 Å². The molecule has 2 rings (SSSR count). The number of urea groups is 1. The Bertz CT molecular complexity index is 562. The van der Waals surface area contributed by atoms with Crippen molar-refractivity contribution < 1.29 is 9.59 Å². The number of benzene rings is 1. The number of primary amides is 1. The van der Waals surface area contributed by atoms with Gasteiger partial charge >= 0.3 is 6.03 Å². The van der Waals surface area contributed by atoms with Gasteiger partial charge in [-0.25, -0.2) is 4.79 Å². The van der Waals surface area contributed by atoms with Gasteiger partial charge in [0.05, 0.1) is 16.6 Å². The molecule has 0 aromatic heterocycles. The van der Waals surface area contributed by atoms with Gasteiger partial charge in [0.2, 0.25) is 5.91 Å². The van der Waals surface area contributed by atoms with Crippen LogP contribution >= 0.6 is 11.6 Å². The number of carbonyl (C=O) groups excluding carboxylic acids is 2. The Kier molecular flexibility index (Phi) is 4.73. The average molecular weight is 310 g/mol. The minimum absolute atomic E-state index is 0.0733. The highest BCUT2D eigenvalue weighted by Crippen LogP contribution is 2.26. The van der Waals surface area contributed by atoms with Gasteiger partial charge in [-0.2, -0.15) is 0 Å². The van der Waals surface area contributed by atoms with E-state index in [1.54, 1.807) is 11.0 Å². The molecule has 21 heavy (non-hydrogen) atoms. The van der Waals surface area contributed by atoms with Crippen molar-refractivity contribution >= 4 is 29.2 Å². The molecule has 2 atom stereocenters. The monoisotopic (exact) mass is 309 g/mol. The lowest BCUT2D eigenvalue weighted by molar-refractivity contribution is -0.123. The van der Waals surface area contributed by atoms with Crippen LogP contribution in [0.2, 0.25) is 5.02 Å². The summed E-state index contributed by atoms with van der Waals surface area (Å²) >= 11 is 6.09. The highest BCUT2D eigenvalue weighted by Gasteiger charge is 2.31. The first-order valence-electron chi connectivity index (χ1n) is 7.01. The number of likely N-dealkylation sites (tertiary alicyclic amines) is 1. The first kappa shape index (κ1) is 15.6. The standard InChI is InChI=1S/C15H20ClN3O2/c1-9-3-6-12(16)13(7-9)18-15(21)19-8-11(14(17)20)5-4-10(19)2/h3,6-7,10-11H,4-5,8H2,1-2H3,(H2,17,20)(H,18,21)/t10-,11-/m1/s1. The molecule has 3 amide bonds. The van der Waals surface area contributed by atoms with Gasteiger partial charge in [0, 0.05) is 12.6 Å². The smallest absolute Gasteiger partial charge is 0.322 e. The van der Waals surface area contributed by atoms with Crippen LogP contribution in [-0.2, 0) is 4.79 Å². The molecule has 1 aromatic carbocycles. The third kappa shape index (κ3) is 3.67. The second kappa shape index (κ2) is 6.35. The number of anilines is 1. The van der Waals surface area contributed by atoms with E-state index in [9.17, 15) is 9.59 Å². The van der Waals surface area contributed by atoms with Gasteiger partial charge in [0.25, 0.3) is 0 Å². The fourth-order valence-electron chi connectivity index (χ4n) is 2.54. The van der Waals surface area contributed by atoms with Gasteiger partial charge in [-0.1, -0.05) is 17.7 Å². The molecule has 0 aliphatic carbocycles. The second-order valence-corrected chi connectivity index (χ2v) is 6.00. The molecule has 1 aliphatic heterocycles. The van der Waals surface area contributed by atoms with E-state index in [1.807, 2.05) is 26.0 Å². The Hall–Kier alpha value is -1.75. The van der Waals surface area contributed by atoms with Gasteiger partial charge in [-0.3, -0.25) is 4.79 Å². The molecule has 5 nitrogen and oxygen atoms in total. The molecule has 3 N–H and O–H groups in total. The Morgan fingerprint density at radius 2 is 2.10 bits per heavy atom. The predicted octanol–water partition coefficient (Wildman–Crippen LogP) is 2.77. The summed E-state index contributed by atoms with van der Waals surface area (Å²) in [6, 6.07) is 5.27. The molecule has 0 unspecified atom stereocenters. The van der Waals surface area contributed by atoms with E-state index in [0.717, 1.165) is 18.4 Å². The number of hydrogen-bond acceptors (Lipinski definition) is 2. The lowest BCUT2D eigenvalue weighted by atomic mass is 9.93. The van der Waals surface area contributed by atoms with Gasteiger partial charge in [-0.05, 0) is 44.4 Å². The van der Waals surface area contributed by atoms with Gasteiger partial charge < -0.3 is 16.0 Å². The van der Waals surface area contributed by atoms with Crippen LogP contribution in [0.5, 0.6) is 0 Å². The highest BCUT2D eigenvalue weighted by atomic mass is 35.5. The van der Waals surface area contributed by atoms with Crippen molar-refractivity contribution in [2.24, 2.45) is 11.7 Å². The topological polar surface area (TPSA) is 75.4 Å². The van der Waals surface area contributed by atoms with Crippen molar-refractivity contribution in [1.29, 1.82) is 0 Å². The van der Waals surface area contributed by atoms with Crippen LogP contribution in [-0.4, -0.2) is 29.4 Å². The van der Waals surface area contributed by atoms with Gasteiger partial charge in [0.1, 0.15) is 0 Å². The lowest BCUT2D eigenvalue weighted by Crippen LogP contribution is -2.50. The number of nitrogens with zero attached hydrogens (tertiary/aromatic N) is 1. The fourth-order valence-corrected chi connectivity index (χ4v) is 2.71. The van der Waals surface area contributed by atoms with Crippen LogP contribution in [0.25, 0.3) is 0 Å². The van der Waals surface area contributed by atoms with Gasteiger partial charge in [0.15, 0.2) is 0 Å². The summed E-state index contributed by atoms with van der Waals surface area (Å²) in [5.41, 5.74) is 6.94. The molecule has 6 heteroatoms. The van der Waals surface area contributed by atoms with E-state index in [4.69, 9.17) is 17.3 Å². The second-order valence-electron chi connectivity index (χ2n) is 5.59. The SMILES string of the molecule is Cc1ccc(Cl)c(NC(=O)N2C[C@H](C(N)=O)CC[C@H]2C)c1. The summed E-state index contributed by atoms with van der Waals surface area (Å²) in [6.45, 7) is 4.25. The van der Waals surface area contributed by atoms with E-state index in [-0.39, 0.29) is 23.9 Å². The molecule has 1 heterocycles. The maximum Gasteiger partial charge on any atom is 0.322 e. The minimum Gasteiger partial charge on any atom is -0.369 e. The van der Waals surface area contributed by atoms with Crippen LogP contribution < -0.4 is 11.1 Å². The Morgan fingerprint density at radius 1 is 1.38 bits per heavy atom. The number of carbonyl (C=O) groups is 2. The molecular formula is C15H20ClN3O2. The normalized spacial score (nSPS) is 22.0. The number of piperidine rings is 1. The van der Waals surface area contributed by atoms with Crippen molar-refractivity contribution in [3.05, 3.63) is 28.8 Å². The minimum atomic E-state index is -0.353. The third-order valence-electron chi connectivity index (χ3n) is 3.91. The summed E-state index contributed by atoms with van der Waals surface area (Å²) in [7, 11) is 0. The highest BCUT2D eigenvalue weighted by molar-refractivity contribution is 6.33. The number of amides is 3. The first-order valence-corrected chi connectivity index (χ1v) is 7.39. The van der Waals surface area contributed by atoms with Crippen LogP contribution in [0.3, 0.4) is 0 Å². The molecule has 1 aliphatic rings. The molecule has 1 fully saturated rings. The molecule has 0 saturated carbocycles. The summed E-state index contributed by atoms with van der Waals surface area (Å²) in [5, 5.41) is 3.30. The van der Waals surface area contributed by atoms with Crippen molar-refractivity contribution in [1.82, 2.24) is 4.90 Å². The van der Waals surface area contributed by atoms with Crippen LogP contribution in [0.4, 0.5) is 10.5 Å². The van der Waals surface area contributed by atoms with E-state index in [0.29, 0.717) is 17.3 Å². The molecule has 0 spiro atoms. The summed E-state index contributed by atoms with van der Waals surface area (Å²) in [5.74, 6) is -0.631. The van der Waals surface area contributed by atoms with Crippen molar-refractivity contribution in [3.63, 3.8) is 0 Å². The number of hydrogen-bond donors (Lipinski definition) is 2. The molecule has 0 bridgehead atoms. The average Bonchev–Trinajstić information content (AvgIpc) is 2.43. The first-order chi connectivity index (χ1) is 9.88. The maximum absolute atomic E-state index is 12.4.